The highest BCUT2D eigenvalue weighted by Gasteiger charge is 2.74. The third kappa shape index (κ3) is 2.86. The number of aliphatic hydroxyl groups excluding tert-OH is 1. The molecule has 2 amide bonds. The summed E-state index contributed by atoms with van der Waals surface area (Å²) in [5, 5.41) is 18.9. The van der Waals surface area contributed by atoms with Crippen molar-refractivity contribution in [2.45, 2.75) is 56.9 Å². The number of aliphatic carboxylic acids is 1. The van der Waals surface area contributed by atoms with Gasteiger partial charge in [0, 0.05) is 25.7 Å². The quantitative estimate of drug-likeness (QED) is 0.585. The minimum absolute atomic E-state index is 0.102. The molecule has 2 bridgehead atoms. The van der Waals surface area contributed by atoms with Crippen molar-refractivity contribution >= 4 is 17.8 Å². The Morgan fingerprint density at radius 3 is 2.74 bits per heavy atom. The second-order valence-corrected chi connectivity index (χ2v) is 7.88. The summed E-state index contributed by atoms with van der Waals surface area (Å²) in [5.41, 5.74) is -1.09. The summed E-state index contributed by atoms with van der Waals surface area (Å²) in [7, 11) is 0. The van der Waals surface area contributed by atoms with Crippen LogP contribution in [0.15, 0.2) is 12.7 Å². The molecule has 1 spiro atoms. The standard InChI is InChI=1S/C19H28N2O6/c1-4-8-20(11(2)3)17(24)15-19-7-6-12(27-19)13(18(25)26)14(19)16(23)21(15)9-5-10-22/h4,11-15,22H,1,5-10H2,2-3H3,(H,25,26)/t12-,13+,14-,15?,19?/m0/s1. The Bertz CT molecular complexity index is 650. The van der Waals surface area contributed by atoms with Crippen LogP contribution in [0.4, 0.5) is 0 Å². The second kappa shape index (κ2) is 7.24. The molecule has 2 unspecified atom stereocenters. The van der Waals surface area contributed by atoms with Crippen molar-refractivity contribution in [2.75, 3.05) is 19.7 Å². The molecule has 150 valence electrons. The topological polar surface area (TPSA) is 107 Å². The number of aliphatic hydroxyl groups is 1. The summed E-state index contributed by atoms with van der Waals surface area (Å²) in [6.45, 7) is 7.90. The molecule has 3 heterocycles. The number of ether oxygens (including phenoxy) is 1. The Kier molecular flexibility index (Phi) is 5.31. The first-order chi connectivity index (χ1) is 12.8. The first kappa shape index (κ1) is 19.8. The van der Waals surface area contributed by atoms with E-state index in [4.69, 9.17) is 4.74 Å². The maximum Gasteiger partial charge on any atom is 0.310 e. The van der Waals surface area contributed by atoms with E-state index < -0.39 is 35.6 Å². The first-order valence-electron chi connectivity index (χ1n) is 9.53. The normalized spacial score (nSPS) is 34.2. The highest BCUT2D eigenvalue weighted by Crippen LogP contribution is 2.58. The van der Waals surface area contributed by atoms with E-state index >= 15 is 0 Å². The number of carbonyl (C=O) groups excluding carboxylic acids is 2. The summed E-state index contributed by atoms with van der Waals surface area (Å²) in [6, 6.07) is -0.965. The van der Waals surface area contributed by atoms with Gasteiger partial charge < -0.3 is 24.7 Å². The fourth-order valence-corrected chi connectivity index (χ4v) is 5.05. The Morgan fingerprint density at radius 2 is 2.19 bits per heavy atom. The van der Waals surface area contributed by atoms with Gasteiger partial charge in [-0.1, -0.05) is 6.08 Å². The SMILES string of the molecule is C=CCN(C(=O)C1N(CCCO)C(=O)[C@@H]2[C@H](C(=O)O)[C@@H]3CCC12O3)C(C)C. The van der Waals surface area contributed by atoms with E-state index in [-0.39, 0.29) is 31.0 Å². The van der Waals surface area contributed by atoms with E-state index in [1.807, 2.05) is 13.8 Å². The zero-order valence-corrected chi connectivity index (χ0v) is 15.8. The van der Waals surface area contributed by atoms with Gasteiger partial charge >= 0.3 is 5.97 Å². The van der Waals surface area contributed by atoms with Gasteiger partial charge in [0.25, 0.3) is 0 Å². The Labute approximate surface area is 158 Å². The molecule has 0 aliphatic carbocycles. The van der Waals surface area contributed by atoms with Gasteiger partial charge in [0.1, 0.15) is 11.6 Å². The fraction of sp³-hybridized carbons (Fsp3) is 0.737. The molecule has 3 aliphatic heterocycles. The number of rotatable bonds is 8. The van der Waals surface area contributed by atoms with E-state index in [1.54, 1.807) is 11.0 Å². The first-order valence-corrected chi connectivity index (χ1v) is 9.53. The van der Waals surface area contributed by atoms with Crippen LogP contribution in [-0.2, 0) is 19.1 Å². The van der Waals surface area contributed by atoms with Crippen molar-refractivity contribution in [3.05, 3.63) is 12.7 Å². The summed E-state index contributed by atoms with van der Waals surface area (Å²) < 4.78 is 6.10. The molecular weight excluding hydrogens is 352 g/mol. The van der Waals surface area contributed by atoms with Crippen molar-refractivity contribution in [3.8, 4) is 0 Å². The minimum atomic E-state index is -1.09. The molecule has 0 radical (unpaired) electrons. The lowest BCUT2D eigenvalue weighted by Crippen LogP contribution is -2.57. The van der Waals surface area contributed by atoms with Crippen LogP contribution in [0.1, 0.15) is 33.1 Å². The van der Waals surface area contributed by atoms with E-state index in [9.17, 15) is 24.6 Å². The van der Waals surface area contributed by atoms with Crippen LogP contribution in [0.2, 0.25) is 0 Å². The molecule has 0 aromatic rings. The van der Waals surface area contributed by atoms with Gasteiger partial charge in [0.2, 0.25) is 11.8 Å². The molecule has 2 N–H and O–H groups in total. The number of likely N-dealkylation sites (tertiary alicyclic amines) is 1. The smallest absolute Gasteiger partial charge is 0.310 e. The van der Waals surface area contributed by atoms with E-state index in [2.05, 4.69) is 6.58 Å². The lowest BCUT2D eigenvalue weighted by atomic mass is 9.70. The third-order valence-corrected chi connectivity index (χ3v) is 6.11. The molecule has 8 nitrogen and oxygen atoms in total. The molecule has 5 atom stereocenters. The van der Waals surface area contributed by atoms with Gasteiger partial charge in [0.15, 0.2) is 0 Å². The molecular formula is C19H28N2O6. The van der Waals surface area contributed by atoms with Gasteiger partial charge in [0.05, 0.1) is 17.9 Å². The molecule has 0 saturated carbocycles. The average molecular weight is 380 g/mol. The van der Waals surface area contributed by atoms with Gasteiger partial charge in [-0.3, -0.25) is 14.4 Å². The zero-order valence-electron chi connectivity index (χ0n) is 15.8. The van der Waals surface area contributed by atoms with Crippen LogP contribution in [-0.4, -0.2) is 81.3 Å². The summed E-state index contributed by atoms with van der Waals surface area (Å²) in [5.74, 6) is -3.42. The van der Waals surface area contributed by atoms with Crippen LogP contribution in [0.5, 0.6) is 0 Å². The third-order valence-electron chi connectivity index (χ3n) is 6.11. The summed E-state index contributed by atoms with van der Waals surface area (Å²) in [6.07, 6.45) is 2.45. The van der Waals surface area contributed by atoms with Crippen LogP contribution in [0.25, 0.3) is 0 Å². The second-order valence-electron chi connectivity index (χ2n) is 7.88. The zero-order chi connectivity index (χ0) is 19.9. The number of carbonyl (C=O) groups is 3. The number of fused-ring (bicyclic) bond motifs is 1. The maximum atomic E-state index is 13.5. The van der Waals surface area contributed by atoms with Crippen molar-refractivity contribution in [3.63, 3.8) is 0 Å². The number of carboxylic acids is 1. The van der Waals surface area contributed by atoms with Gasteiger partial charge in [-0.15, -0.1) is 6.58 Å². The monoisotopic (exact) mass is 380 g/mol. The molecule has 3 fully saturated rings. The van der Waals surface area contributed by atoms with Gasteiger partial charge in [-0.2, -0.15) is 0 Å². The Hall–Kier alpha value is -1.93. The highest BCUT2D eigenvalue weighted by atomic mass is 16.5. The molecule has 3 aliphatic rings. The van der Waals surface area contributed by atoms with Gasteiger partial charge in [-0.05, 0) is 33.1 Å². The molecule has 0 aromatic heterocycles. The maximum absolute atomic E-state index is 13.5. The van der Waals surface area contributed by atoms with Crippen LogP contribution in [0, 0.1) is 11.8 Å². The van der Waals surface area contributed by atoms with E-state index in [0.717, 1.165) is 0 Å². The van der Waals surface area contributed by atoms with Crippen molar-refractivity contribution in [2.24, 2.45) is 11.8 Å². The average Bonchev–Trinajstić information content (AvgIpc) is 3.24. The van der Waals surface area contributed by atoms with Crippen molar-refractivity contribution < 1.29 is 29.3 Å². The summed E-state index contributed by atoms with van der Waals surface area (Å²) in [4.78, 5) is 41.6. The molecule has 3 rings (SSSR count). The fourth-order valence-electron chi connectivity index (χ4n) is 5.05. The van der Waals surface area contributed by atoms with Crippen LogP contribution < -0.4 is 0 Å². The molecule has 8 heteroatoms. The molecule has 3 saturated heterocycles. The number of hydrogen-bond donors (Lipinski definition) is 2. The lowest BCUT2D eigenvalue weighted by molar-refractivity contribution is -0.151. The van der Waals surface area contributed by atoms with Crippen LogP contribution in [0.3, 0.4) is 0 Å². The Morgan fingerprint density at radius 1 is 1.48 bits per heavy atom. The van der Waals surface area contributed by atoms with E-state index in [0.29, 0.717) is 25.8 Å². The molecule has 27 heavy (non-hydrogen) atoms. The van der Waals surface area contributed by atoms with E-state index in [1.165, 1.54) is 4.90 Å². The number of carboxylic acid groups (broad SMARTS) is 1. The Balaban J connectivity index is 2.03. The van der Waals surface area contributed by atoms with Crippen LogP contribution >= 0.6 is 0 Å². The van der Waals surface area contributed by atoms with Crippen molar-refractivity contribution in [1.29, 1.82) is 0 Å². The largest absolute Gasteiger partial charge is 0.481 e. The minimum Gasteiger partial charge on any atom is -0.481 e. The lowest BCUT2D eigenvalue weighted by Gasteiger charge is -2.38. The molecule has 0 aromatic carbocycles. The van der Waals surface area contributed by atoms with Crippen molar-refractivity contribution in [1.82, 2.24) is 9.80 Å². The number of hydrogen-bond acceptors (Lipinski definition) is 5. The summed E-state index contributed by atoms with van der Waals surface area (Å²) >= 11 is 0. The number of amides is 2. The predicted molar refractivity (Wildman–Crippen MR) is 95.7 cm³/mol. The number of nitrogens with zero attached hydrogens (tertiary/aromatic N) is 2. The predicted octanol–water partition coefficient (Wildman–Crippen LogP) is 0.251. The highest BCUT2D eigenvalue weighted by molar-refractivity contribution is 5.98. The van der Waals surface area contributed by atoms with Gasteiger partial charge in [-0.25, -0.2) is 0 Å².